The first kappa shape index (κ1) is 27.0. The standard InChI is InChI=1S/C24H31FN2O2S.ClH/c1-14(2)19-12-18(29-22-11-9-8-10-21(22)25)13-20(15(3)4)23(19)27-24(26-16(5)6)30-17(7)28;/h8-16H,1-7H3,(H,26,27);1H. The van der Waals surface area contributed by atoms with Crippen molar-refractivity contribution < 1.29 is 13.9 Å². The van der Waals surface area contributed by atoms with Crippen LogP contribution in [0.15, 0.2) is 41.4 Å². The zero-order chi connectivity index (χ0) is 22.4. The molecule has 0 unspecified atom stereocenters. The molecule has 170 valence electrons. The van der Waals surface area contributed by atoms with Crippen LogP contribution < -0.4 is 10.1 Å². The minimum atomic E-state index is -0.402. The van der Waals surface area contributed by atoms with Crippen molar-refractivity contribution in [1.29, 1.82) is 0 Å². The van der Waals surface area contributed by atoms with Crippen molar-refractivity contribution in [2.45, 2.75) is 66.3 Å². The molecule has 0 aliphatic heterocycles. The number of benzene rings is 2. The average Bonchev–Trinajstić information content (AvgIpc) is 2.63. The number of aliphatic imine (C=N–C) groups is 1. The number of nitrogens with zero attached hydrogens (tertiary/aromatic N) is 1. The van der Waals surface area contributed by atoms with Gasteiger partial charge in [-0.15, -0.1) is 12.4 Å². The third kappa shape index (κ3) is 7.86. The van der Waals surface area contributed by atoms with Gasteiger partial charge in [0.05, 0.1) is 0 Å². The van der Waals surface area contributed by atoms with Crippen molar-refractivity contribution in [2.75, 3.05) is 5.32 Å². The maximum atomic E-state index is 14.1. The Morgan fingerprint density at radius 1 is 1.03 bits per heavy atom. The maximum absolute atomic E-state index is 14.1. The number of thioether (sulfide) groups is 1. The molecular formula is C24H32ClFN2O2S. The van der Waals surface area contributed by atoms with Gasteiger partial charge in [0.2, 0.25) is 0 Å². The first-order valence-electron chi connectivity index (χ1n) is 10.2. The van der Waals surface area contributed by atoms with Crippen molar-refractivity contribution in [3.8, 4) is 11.5 Å². The van der Waals surface area contributed by atoms with Crippen molar-refractivity contribution in [3.63, 3.8) is 0 Å². The summed E-state index contributed by atoms with van der Waals surface area (Å²) in [4.78, 5) is 16.3. The molecule has 0 spiro atoms. The molecular weight excluding hydrogens is 435 g/mol. The number of hydrogen-bond donors (Lipinski definition) is 1. The summed E-state index contributed by atoms with van der Waals surface area (Å²) in [6.07, 6.45) is 0. The van der Waals surface area contributed by atoms with Gasteiger partial charge in [-0.2, -0.15) is 0 Å². The van der Waals surface area contributed by atoms with Gasteiger partial charge >= 0.3 is 0 Å². The van der Waals surface area contributed by atoms with Gasteiger partial charge in [-0.25, -0.2) is 4.39 Å². The van der Waals surface area contributed by atoms with Crippen molar-refractivity contribution in [2.24, 2.45) is 4.99 Å². The number of rotatable bonds is 6. The van der Waals surface area contributed by atoms with Gasteiger partial charge in [-0.1, -0.05) is 39.8 Å². The van der Waals surface area contributed by atoms with Crippen LogP contribution in [0.4, 0.5) is 10.1 Å². The Morgan fingerprint density at radius 2 is 1.58 bits per heavy atom. The van der Waals surface area contributed by atoms with Crippen LogP contribution in [0.25, 0.3) is 0 Å². The van der Waals surface area contributed by atoms with E-state index in [9.17, 15) is 9.18 Å². The summed E-state index contributed by atoms with van der Waals surface area (Å²) >= 11 is 1.09. The van der Waals surface area contributed by atoms with Crippen molar-refractivity contribution >= 4 is 40.1 Å². The third-order valence-corrected chi connectivity index (χ3v) is 5.02. The monoisotopic (exact) mass is 466 g/mol. The predicted molar refractivity (Wildman–Crippen MR) is 133 cm³/mol. The number of halogens is 2. The molecule has 0 saturated heterocycles. The smallest absolute Gasteiger partial charge is 0.193 e. The third-order valence-electron chi connectivity index (χ3n) is 4.33. The van der Waals surface area contributed by atoms with E-state index in [1.54, 1.807) is 18.2 Å². The molecule has 0 fully saturated rings. The molecule has 0 atom stereocenters. The average molecular weight is 467 g/mol. The predicted octanol–water partition coefficient (Wildman–Crippen LogP) is 7.74. The minimum Gasteiger partial charge on any atom is -0.454 e. The molecule has 2 aromatic rings. The van der Waals surface area contributed by atoms with Crippen molar-refractivity contribution in [1.82, 2.24) is 0 Å². The highest BCUT2D eigenvalue weighted by Gasteiger charge is 2.20. The topological polar surface area (TPSA) is 50.7 Å². The molecule has 0 heterocycles. The van der Waals surface area contributed by atoms with E-state index in [2.05, 4.69) is 38.0 Å². The van der Waals surface area contributed by atoms with Gasteiger partial charge in [-0.3, -0.25) is 9.79 Å². The van der Waals surface area contributed by atoms with E-state index in [1.807, 2.05) is 26.0 Å². The fourth-order valence-corrected chi connectivity index (χ4v) is 3.68. The second kappa shape index (κ2) is 12.1. The van der Waals surface area contributed by atoms with Crippen LogP contribution in [0, 0.1) is 5.82 Å². The summed E-state index contributed by atoms with van der Waals surface area (Å²) in [6.45, 7) is 13.8. The molecule has 0 aromatic heterocycles. The van der Waals surface area contributed by atoms with Gasteiger partial charge in [0.25, 0.3) is 0 Å². The number of amidine groups is 1. The van der Waals surface area contributed by atoms with E-state index >= 15 is 0 Å². The Labute approximate surface area is 195 Å². The van der Waals surface area contributed by atoms with Crippen LogP contribution in [0.3, 0.4) is 0 Å². The second-order valence-corrected chi connectivity index (χ2v) is 9.23. The minimum absolute atomic E-state index is 0. The molecule has 1 N–H and O–H groups in total. The largest absolute Gasteiger partial charge is 0.454 e. The van der Waals surface area contributed by atoms with E-state index in [0.29, 0.717) is 10.9 Å². The highest BCUT2D eigenvalue weighted by molar-refractivity contribution is 8.26. The van der Waals surface area contributed by atoms with E-state index in [4.69, 9.17) is 4.74 Å². The Hall–Kier alpha value is -2.05. The van der Waals surface area contributed by atoms with Crippen molar-refractivity contribution in [3.05, 3.63) is 53.3 Å². The lowest BCUT2D eigenvalue weighted by Gasteiger charge is -2.23. The van der Waals surface area contributed by atoms with Crippen LogP contribution in [0.1, 0.15) is 71.4 Å². The SMILES string of the molecule is CC(=O)SC(=NC(C)C)Nc1c(C(C)C)cc(Oc2ccccc2F)cc1C(C)C.Cl. The molecule has 7 heteroatoms. The number of carbonyl (C=O) groups is 1. The highest BCUT2D eigenvalue weighted by atomic mass is 35.5. The molecule has 0 aliphatic carbocycles. The lowest BCUT2D eigenvalue weighted by molar-refractivity contribution is -0.109. The first-order valence-corrected chi connectivity index (χ1v) is 11.0. The van der Waals surface area contributed by atoms with Gasteiger partial charge in [-0.05, 0) is 72.8 Å². The Bertz CT molecular complexity index is 901. The number of para-hydroxylation sites is 1. The van der Waals surface area contributed by atoms with Crippen LogP contribution in [0.5, 0.6) is 11.5 Å². The summed E-state index contributed by atoms with van der Waals surface area (Å²) in [6, 6.07) is 10.3. The van der Waals surface area contributed by atoms with Gasteiger partial charge in [0.15, 0.2) is 21.8 Å². The van der Waals surface area contributed by atoms with E-state index in [-0.39, 0.29) is 41.1 Å². The fraction of sp³-hybridized carbons (Fsp3) is 0.417. The Kier molecular flexibility index (Phi) is 10.5. The normalized spacial score (nSPS) is 11.6. The lowest BCUT2D eigenvalue weighted by Crippen LogP contribution is -2.16. The van der Waals surface area contributed by atoms with Crippen LogP contribution in [0.2, 0.25) is 0 Å². The maximum Gasteiger partial charge on any atom is 0.193 e. The first-order chi connectivity index (χ1) is 14.1. The Balaban J connectivity index is 0.00000480. The van der Waals surface area contributed by atoms with Gasteiger partial charge < -0.3 is 10.1 Å². The summed E-state index contributed by atoms with van der Waals surface area (Å²) in [7, 11) is 0. The van der Waals surface area contributed by atoms with Crippen LogP contribution in [-0.2, 0) is 4.79 Å². The molecule has 2 aromatic carbocycles. The molecule has 4 nitrogen and oxygen atoms in total. The second-order valence-electron chi connectivity index (χ2n) is 8.07. The van der Waals surface area contributed by atoms with Gasteiger partial charge in [0, 0.05) is 18.7 Å². The quantitative estimate of drug-likeness (QED) is 0.349. The number of hydrogen-bond acceptors (Lipinski definition) is 4. The van der Waals surface area contributed by atoms with E-state index in [1.165, 1.54) is 13.0 Å². The zero-order valence-electron chi connectivity index (χ0n) is 19.2. The highest BCUT2D eigenvalue weighted by Crippen LogP contribution is 2.38. The molecule has 0 saturated carbocycles. The van der Waals surface area contributed by atoms with Crippen LogP contribution >= 0.6 is 24.2 Å². The molecule has 31 heavy (non-hydrogen) atoms. The summed E-state index contributed by atoms with van der Waals surface area (Å²) in [5.74, 6) is 0.728. The van der Waals surface area contributed by atoms with E-state index < -0.39 is 5.82 Å². The fourth-order valence-electron chi connectivity index (χ4n) is 2.99. The summed E-state index contributed by atoms with van der Waals surface area (Å²) < 4.78 is 20.0. The number of nitrogens with one attached hydrogen (secondary N) is 1. The number of anilines is 1. The van der Waals surface area contributed by atoms with Crippen LogP contribution in [-0.4, -0.2) is 16.3 Å². The molecule has 0 radical (unpaired) electrons. The van der Waals surface area contributed by atoms with E-state index in [0.717, 1.165) is 28.6 Å². The summed E-state index contributed by atoms with van der Waals surface area (Å²) in [5.41, 5.74) is 2.97. The summed E-state index contributed by atoms with van der Waals surface area (Å²) in [5, 5.41) is 3.95. The number of ether oxygens (including phenoxy) is 1. The molecule has 0 amide bonds. The molecule has 2 rings (SSSR count). The molecule has 0 aliphatic rings. The van der Waals surface area contributed by atoms with Gasteiger partial charge in [0.1, 0.15) is 5.75 Å². The zero-order valence-corrected chi connectivity index (χ0v) is 20.8. The molecule has 0 bridgehead atoms. The Morgan fingerprint density at radius 3 is 2.03 bits per heavy atom. The lowest BCUT2D eigenvalue weighted by atomic mass is 9.92. The number of carbonyl (C=O) groups excluding carboxylic acids is 1.